The molecule has 0 saturated carbocycles. The minimum Gasteiger partial charge on any atom is -0.462 e. The van der Waals surface area contributed by atoms with E-state index in [0.717, 1.165) is 0 Å². The van der Waals surface area contributed by atoms with E-state index in [1.54, 1.807) is 32.2 Å². The Bertz CT molecular complexity index is 840. The fourth-order valence-electron chi connectivity index (χ4n) is 2.00. The molecule has 0 aliphatic rings. The largest absolute Gasteiger partial charge is 0.462 e. The average Bonchev–Trinajstić information content (AvgIpc) is 3.03. The van der Waals surface area contributed by atoms with Crippen molar-refractivity contribution >= 4 is 40.5 Å². The van der Waals surface area contributed by atoms with Crippen molar-refractivity contribution in [3.05, 3.63) is 35.0 Å². The van der Waals surface area contributed by atoms with Gasteiger partial charge in [0, 0.05) is 12.1 Å². The Hall–Kier alpha value is -2.54. The number of aromatic nitrogens is 3. The number of hydrogen-bond donors (Lipinski definition) is 1. The number of rotatable bonds is 4. The third-order valence-corrected chi connectivity index (χ3v) is 3.24. The van der Waals surface area contributed by atoms with E-state index in [2.05, 4.69) is 15.4 Å². The van der Waals surface area contributed by atoms with Crippen LogP contribution in [0.4, 0.5) is 11.8 Å². The van der Waals surface area contributed by atoms with Crippen LogP contribution in [0.15, 0.2) is 28.8 Å². The fraction of sp³-hybridized carbons (Fsp3) is 0.214. The predicted molar refractivity (Wildman–Crippen MR) is 81.5 cm³/mol. The number of esters is 1. The molecule has 0 saturated heterocycles. The van der Waals surface area contributed by atoms with Crippen molar-refractivity contribution in [1.82, 2.24) is 14.8 Å². The van der Waals surface area contributed by atoms with Gasteiger partial charge in [0.1, 0.15) is 16.9 Å². The van der Waals surface area contributed by atoms with Gasteiger partial charge in [0.25, 0.3) is 0 Å². The Kier molecular flexibility index (Phi) is 3.72. The summed E-state index contributed by atoms with van der Waals surface area (Å²) in [6.45, 7) is 2.03. The third-order valence-electron chi connectivity index (χ3n) is 3.01. The van der Waals surface area contributed by atoms with E-state index in [1.807, 2.05) is 0 Å². The first-order chi connectivity index (χ1) is 10.6. The number of carbonyl (C=O) groups is 1. The number of oxazole rings is 1. The highest BCUT2D eigenvalue weighted by Gasteiger charge is 2.19. The molecule has 0 fully saturated rings. The topological polar surface area (TPSA) is 82.2 Å². The zero-order valence-electron chi connectivity index (χ0n) is 12.0. The van der Waals surface area contributed by atoms with E-state index in [4.69, 9.17) is 20.8 Å². The van der Waals surface area contributed by atoms with Crippen LogP contribution in [0.5, 0.6) is 0 Å². The molecule has 7 nitrogen and oxygen atoms in total. The van der Waals surface area contributed by atoms with Crippen molar-refractivity contribution in [3.63, 3.8) is 0 Å². The molecule has 0 spiro atoms. The molecule has 8 heteroatoms. The summed E-state index contributed by atoms with van der Waals surface area (Å²) in [5.41, 5.74) is 1.52. The van der Waals surface area contributed by atoms with Crippen molar-refractivity contribution in [3.8, 4) is 0 Å². The summed E-state index contributed by atoms with van der Waals surface area (Å²) in [5, 5.41) is 7.56. The maximum atomic E-state index is 11.9. The molecule has 0 radical (unpaired) electrons. The first kappa shape index (κ1) is 14.4. The highest BCUT2D eigenvalue weighted by atomic mass is 35.5. The number of aryl methyl sites for hydroxylation is 1. The summed E-state index contributed by atoms with van der Waals surface area (Å²) in [6, 6.07) is 5.38. The third kappa shape index (κ3) is 2.62. The molecule has 1 aromatic carbocycles. The van der Waals surface area contributed by atoms with Gasteiger partial charge >= 0.3 is 12.0 Å². The Morgan fingerprint density at radius 2 is 2.32 bits per heavy atom. The lowest BCUT2D eigenvalue weighted by Crippen LogP contribution is -2.08. The van der Waals surface area contributed by atoms with Crippen LogP contribution < -0.4 is 5.32 Å². The zero-order chi connectivity index (χ0) is 15.7. The normalized spacial score (nSPS) is 10.9. The number of benzene rings is 1. The fourth-order valence-corrected chi connectivity index (χ4v) is 2.17. The van der Waals surface area contributed by atoms with E-state index in [-0.39, 0.29) is 12.6 Å². The zero-order valence-corrected chi connectivity index (χ0v) is 12.7. The molecule has 0 atom stereocenters. The quantitative estimate of drug-likeness (QED) is 0.744. The Balaban J connectivity index is 1.94. The molecule has 3 aromatic rings. The number of carbonyl (C=O) groups excluding carboxylic acids is 1. The van der Waals surface area contributed by atoms with E-state index in [9.17, 15) is 4.79 Å². The number of fused-ring (bicyclic) bond motifs is 1. The highest BCUT2D eigenvalue weighted by Crippen LogP contribution is 2.26. The van der Waals surface area contributed by atoms with Crippen LogP contribution >= 0.6 is 11.6 Å². The molecule has 0 aliphatic carbocycles. The van der Waals surface area contributed by atoms with Crippen LogP contribution in [0.2, 0.25) is 5.02 Å². The summed E-state index contributed by atoms with van der Waals surface area (Å²) in [6.07, 6.45) is 1.43. The van der Waals surface area contributed by atoms with Crippen molar-refractivity contribution < 1.29 is 13.9 Å². The lowest BCUT2D eigenvalue weighted by atomic mass is 10.3. The first-order valence-corrected chi connectivity index (χ1v) is 6.98. The molecule has 2 aromatic heterocycles. The van der Waals surface area contributed by atoms with Crippen LogP contribution in [0.3, 0.4) is 0 Å². The number of ether oxygens (including phenoxy) is 1. The maximum Gasteiger partial charge on any atom is 0.343 e. The highest BCUT2D eigenvalue weighted by molar-refractivity contribution is 6.31. The molecule has 3 rings (SSSR count). The number of anilines is 2. The second-order valence-corrected chi connectivity index (χ2v) is 4.94. The number of nitrogens with one attached hydrogen (secondary N) is 1. The van der Waals surface area contributed by atoms with E-state index in [0.29, 0.717) is 27.5 Å². The molecule has 1 N–H and O–H groups in total. The van der Waals surface area contributed by atoms with Crippen LogP contribution in [0.25, 0.3) is 11.1 Å². The summed E-state index contributed by atoms with van der Waals surface area (Å²) in [4.78, 5) is 16.2. The summed E-state index contributed by atoms with van der Waals surface area (Å²) < 4.78 is 12.1. The predicted octanol–water partition coefficient (Wildman–Crippen LogP) is 3.14. The molecule has 2 heterocycles. The first-order valence-electron chi connectivity index (χ1n) is 6.60. The second-order valence-electron chi connectivity index (χ2n) is 4.51. The van der Waals surface area contributed by atoms with Gasteiger partial charge in [0.15, 0.2) is 5.58 Å². The van der Waals surface area contributed by atoms with Crippen molar-refractivity contribution in [2.75, 3.05) is 11.9 Å². The van der Waals surface area contributed by atoms with Gasteiger partial charge in [-0.2, -0.15) is 10.1 Å². The van der Waals surface area contributed by atoms with Gasteiger partial charge in [-0.1, -0.05) is 11.6 Å². The molecular weight excluding hydrogens is 308 g/mol. The minimum absolute atomic E-state index is 0.242. The Morgan fingerprint density at radius 3 is 3.09 bits per heavy atom. The maximum absolute atomic E-state index is 11.9. The molecule has 0 amide bonds. The van der Waals surface area contributed by atoms with E-state index in [1.165, 1.54) is 10.9 Å². The smallest absolute Gasteiger partial charge is 0.343 e. The monoisotopic (exact) mass is 320 g/mol. The van der Waals surface area contributed by atoms with Gasteiger partial charge in [0.05, 0.1) is 12.8 Å². The Labute approximate surface area is 130 Å². The van der Waals surface area contributed by atoms with Gasteiger partial charge in [-0.05, 0) is 25.1 Å². The average molecular weight is 321 g/mol. The number of halogens is 1. The summed E-state index contributed by atoms with van der Waals surface area (Å²) >= 11 is 5.92. The molecule has 0 bridgehead atoms. The van der Waals surface area contributed by atoms with Gasteiger partial charge in [-0.15, -0.1) is 0 Å². The molecule has 0 unspecified atom stereocenters. The van der Waals surface area contributed by atoms with Crippen LogP contribution in [0.1, 0.15) is 17.3 Å². The second kappa shape index (κ2) is 5.69. The van der Waals surface area contributed by atoms with Crippen molar-refractivity contribution in [2.24, 2.45) is 7.05 Å². The van der Waals surface area contributed by atoms with E-state index < -0.39 is 5.97 Å². The van der Waals surface area contributed by atoms with Crippen LogP contribution in [-0.4, -0.2) is 27.3 Å². The summed E-state index contributed by atoms with van der Waals surface area (Å²) in [7, 11) is 1.70. The lowest BCUT2D eigenvalue weighted by Gasteiger charge is -2.05. The lowest BCUT2D eigenvalue weighted by molar-refractivity contribution is 0.0527. The summed E-state index contributed by atoms with van der Waals surface area (Å²) in [5.74, 6) is -0.0200. The Morgan fingerprint density at radius 1 is 1.50 bits per heavy atom. The van der Waals surface area contributed by atoms with Gasteiger partial charge < -0.3 is 9.15 Å². The van der Waals surface area contributed by atoms with Crippen LogP contribution in [-0.2, 0) is 11.8 Å². The standard InChI is InChI=1S/C14H13ClN4O3/c1-3-21-13(20)9-7-16-19(2)12(9)18-14-17-10-6-8(15)4-5-11(10)22-14/h4-7H,3H2,1-2H3,(H,17,18). The minimum atomic E-state index is -0.461. The molecule has 114 valence electrons. The number of hydrogen-bond acceptors (Lipinski definition) is 6. The molecular formula is C14H13ClN4O3. The van der Waals surface area contributed by atoms with Crippen molar-refractivity contribution in [1.29, 1.82) is 0 Å². The van der Waals surface area contributed by atoms with Gasteiger partial charge in [-0.3, -0.25) is 10.00 Å². The van der Waals surface area contributed by atoms with Crippen molar-refractivity contribution in [2.45, 2.75) is 6.92 Å². The molecule has 0 aliphatic heterocycles. The van der Waals surface area contributed by atoms with Crippen LogP contribution in [0, 0.1) is 0 Å². The molecule has 22 heavy (non-hydrogen) atoms. The van der Waals surface area contributed by atoms with Gasteiger partial charge in [0.2, 0.25) is 0 Å². The SMILES string of the molecule is CCOC(=O)c1cnn(C)c1Nc1nc2cc(Cl)ccc2o1. The number of nitrogens with zero attached hydrogens (tertiary/aromatic N) is 3. The van der Waals surface area contributed by atoms with Gasteiger partial charge in [-0.25, -0.2) is 4.79 Å². The van der Waals surface area contributed by atoms with E-state index >= 15 is 0 Å².